The largest absolute Gasteiger partial charge is 0.455 e. The molecule has 0 aromatic heterocycles. The van der Waals surface area contributed by atoms with Crippen LogP contribution < -0.4 is 15.4 Å². The molecule has 2 N–H and O–H groups in total. The number of para-hydroxylation sites is 2. The third-order valence-corrected chi connectivity index (χ3v) is 5.42. The Morgan fingerprint density at radius 3 is 2.55 bits per heavy atom. The maximum Gasteiger partial charge on any atom is 0.408 e. The standard InChI is InChI=1S/C20H16ClF3N2O3/c21-13-6-3-5-11-16(10-4-1-2-7-14(10)29-17(11)13)26-19(28)12-8-9-15(20(22,23)24)25-18(12)27/h1-7,12,15-16H,8-9H2,(H,25,27)(H,26,28). The van der Waals surface area contributed by atoms with Crippen LogP contribution in [0.15, 0.2) is 42.5 Å². The molecule has 5 nitrogen and oxygen atoms in total. The topological polar surface area (TPSA) is 67.4 Å². The van der Waals surface area contributed by atoms with Crippen LogP contribution in [0.25, 0.3) is 0 Å². The number of amides is 2. The monoisotopic (exact) mass is 424 g/mol. The SMILES string of the molecule is O=C(NC1c2ccccc2Oc2c(Cl)cccc21)C1CCC(C(F)(F)F)NC1=O. The maximum absolute atomic E-state index is 12.8. The van der Waals surface area contributed by atoms with Gasteiger partial charge in [-0.05, 0) is 25.0 Å². The number of rotatable bonds is 2. The van der Waals surface area contributed by atoms with E-state index in [2.05, 4.69) is 5.32 Å². The van der Waals surface area contributed by atoms with E-state index in [1.54, 1.807) is 42.5 Å². The van der Waals surface area contributed by atoms with Gasteiger partial charge in [0.05, 0.1) is 11.1 Å². The zero-order chi connectivity index (χ0) is 20.8. The van der Waals surface area contributed by atoms with Crippen LogP contribution in [0.4, 0.5) is 13.2 Å². The van der Waals surface area contributed by atoms with Gasteiger partial charge in [0.2, 0.25) is 11.8 Å². The molecule has 0 bridgehead atoms. The second-order valence-electron chi connectivity index (χ2n) is 6.97. The Morgan fingerprint density at radius 2 is 1.83 bits per heavy atom. The average Bonchev–Trinajstić information content (AvgIpc) is 2.67. The molecule has 0 saturated carbocycles. The minimum absolute atomic E-state index is 0.185. The number of piperidine rings is 1. The molecule has 1 saturated heterocycles. The Kier molecular flexibility index (Phi) is 4.90. The van der Waals surface area contributed by atoms with Gasteiger partial charge in [0.15, 0.2) is 5.75 Å². The van der Waals surface area contributed by atoms with E-state index in [0.29, 0.717) is 27.6 Å². The number of benzene rings is 2. The van der Waals surface area contributed by atoms with Gasteiger partial charge < -0.3 is 15.4 Å². The number of hydrogen-bond acceptors (Lipinski definition) is 3. The van der Waals surface area contributed by atoms with Crippen LogP contribution in [-0.4, -0.2) is 24.0 Å². The summed E-state index contributed by atoms with van der Waals surface area (Å²) in [5.74, 6) is -1.88. The molecule has 3 atom stereocenters. The highest BCUT2D eigenvalue weighted by Gasteiger charge is 2.46. The van der Waals surface area contributed by atoms with E-state index in [0.717, 1.165) is 0 Å². The molecule has 0 radical (unpaired) electrons. The van der Waals surface area contributed by atoms with Gasteiger partial charge in [-0.1, -0.05) is 41.9 Å². The summed E-state index contributed by atoms with van der Waals surface area (Å²) < 4.78 is 44.4. The summed E-state index contributed by atoms with van der Waals surface area (Å²) >= 11 is 6.23. The minimum Gasteiger partial charge on any atom is -0.455 e. The molecule has 2 aliphatic heterocycles. The van der Waals surface area contributed by atoms with Crippen molar-refractivity contribution in [1.29, 1.82) is 0 Å². The molecule has 2 aromatic rings. The van der Waals surface area contributed by atoms with Crippen molar-refractivity contribution in [3.05, 3.63) is 58.6 Å². The number of halogens is 4. The third kappa shape index (κ3) is 3.64. The number of ether oxygens (including phenoxy) is 1. The smallest absolute Gasteiger partial charge is 0.408 e. The van der Waals surface area contributed by atoms with Crippen molar-refractivity contribution in [2.45, 2.75) is 31.1 Å². The van der Waals surface area contributed by atoms with E-state index in [-0.39, 0.29) is 12.8 Å². The van der Waals surface area contributed by atoms with Gasteiger partial charge in [-0.3, -0.25) is 9.59 Å². The molecule has 152 valence electrons. The first-order valence-corrected chi connectivity index (χ1v) is 9.36. The van der Waals surface area contributed by atoms with Gasteiger partial charge >= 0.3 is 6.18 Å². The molecule has 29 heavy (non-hydrogen) atoms. The predicted octanol–water partition coefficient (Wildman–Crippen LogP) is 4.11. The van der Waals surface area contributed by atoms with E-state index < -0.39 is 36.0 Å². The van der Waals surface area contributed by atoms with Gasteiger partial charge in [0, 0.05) is 11.1 Å². The Hall–Kier alpha value is -2.74. The van der Waals surface area contributed by atoms with E-state index in [4.69, 9.17) is 16.3 Å². The van der Waals surface area contributed by atoms with Crippen LogP contribution in [0.5, 0.6) is 11.5 Å². The number of fused-ring (bicyclic) bond motifs is 2. The van der Waals surface area contributed by atoms with Gasteiger partial charge in [-0.15, -0.1) is 0 Å². The van der Waals surface area contributed by atoms with Crippen LogP contribution in [-0.2, 0) is 9.59 Å². The van der Waals surface area contributed by atoms with Gasteiger partial charge in [0.25, 0.3) is 0 Å². The molecular formula is C20H16ClF3N2O3. The Morgan fingerprint density at radius 1 is 1.10 bits per heavy atom. The van der Waals surface area contributed by atoms with E-state index in [1.165, 1.54) is 0 Å². The van der Waals surface area contributed by atoms with Crippen LogP contribution in [0.1, 0.15) is 30.0 Å². The van der Waals surface area contributed by atoms with E-state index >= 15 is 0 Å². The van der Waals surface area contributed by atoms with Crippen molar-refractivity contribution in [1.82, 2.24) is 10.6 Å². The number of carbonyl (C=O) groups is 2. The van der Waals surface area contributed by atoms with E-state index in [9.17, 15) is 22.8 Å². The van der Waals surface area contributed by atoms with Crippen LogP contribution in [0, 0.1) is 5.92 Å². The lowest BCUT2D eigenvalue weighted by Crippen LogP contribution is -2.54. The lowest BCUT2D eigenvalue weighted by atomic mass is 9.90. The summed E-state index contributed by atoms with van der Waals surface area (Å²) in [6.45, 7) is 0. The Bertz CT molecular complexity index is 980. The number of alkyl halides is 3. The molecule has 1 fully saturated rings. The average molecular weight is 425 g/mol. The normalized spacial score (nSPS) is 23.3. The van der Waals surface area contributed by atoms with Gasteiger partial charge in [-0.2, -0.15) is 13.2 Å². The molecule has 4 rings (SSSR count). The number of hydrogen-bond donors (Lipinski definition) is 2. The van der Waals surface area contributed by atoms with Crippen molar-refractivity contribution in [2.75, 3.05) is 0 Å². The zero-order valence-electron chi connectivity index (χ0n) is 14.9. The highest BCUT2D eigenvalue weighted by molar-refractivity contribution is 6.32. The molecule has 2 heterocycles. The van der Waals surface area contributed by atoms with Crippen LogP contribution in [0.3, 0.4) is 0 Å². The summed E-state index contributed by atoms with van der Waals surface area (Å²) in [7, 11) is 0. The van der Waals surface area contributed by atoms with Crippen molar-refractivity contribution in [3.63, 3.8) is 0 Å². The molecular weight excluding hydrogens is 409 g/mol. The van der Waals surface area contributed by atoms with Crippen LogP contribution >= 0.6 is 11.6 Å². The molecule has 9 heteroatoms. The first-order chi connectivity index (χ1) is 13.8. The predicted molar refractivity (Wildman–Crippen MR) is 98.7 cm³/mol. The third-order valence-electron chi connectivity index (χ3n) is 5.13. The first-order valence-electron chi connectivity index (χ1n) is 8.98. The molecule has 0 spiro atoms. The fourth-order valence-corrected chi connectivity index (χ4v) is 3.87. The molecule has 2 aliphatic rings. The summed E-state index contributed by atoms with van der Waals surface area (Å²) in [6.07, 6.45) is -5.07. The molecule has 0 aliphatic carbocycles. The van der Waals surface area contributed by atoms with Crippen molar-refractivity contribution < 1.29 is 27.5 Å². The summed E-state index contributed by atoms with van der Waals surface area (Å²) in [5.41, 5.74) is 1.27. The lowest BCUT2D eigenvalue weighted by molar-refractivity contribution is -0.171. The highest BCUT2D eigenvalue weighted by Crippen LogP contribution is 2.46. The van der Waals surface area contributed by atoms with Gasteiger partial charge in [-0.25, -0.2) is 0 Å². The lowest BCUT2D eigenvalue weighted by Gasteiger charge is -2.33. The van der Waals surface area contributed by atoms with Crippen molar-refractivity contribution in [2.24, 2.45) is 5.92 Å². The van der Waals surface area contributed by atoms with E-state index in [1.807, 2.05) is 5.32 Å². The number of carbonyl (C=O) groups excluding carboxylic acids is 2. The fraction of sp³-hybridized carbons (Fsp3) is 0.300. The van der Waals surface area contributed by atoms with Crippen LogP contribution in [0.2, 0.25) is 5.02 Å². The Balaban J connectivity index is 1.59. The summed E-state index contributed by atoms with van der Waals surface area (Å²) in [6, 6.07) is 9.56. The van der Waals surface area contributed by atoms with Crippen molar-refractivity contribution >= 4 is 23.4 Å². The molecule has 2 amide bonds. The second-order valence-corrected chi connectivity index (χ2v) is 7.38. The summed E-state index contributed by atoms with van der Waals surface area (Å²) in [5, 5.41) is 5.05. The quantitative estimate of drug-likeness (QED) is 0.713. The zero-order valence-corrected chi connectivity index (χ0v) is 15.7. The summed E-state index contributed by atoms with van der Waals surface area (Å²) in [4.78, 5) is 25.0. The Labute approximate surface area is 169 Å². The highest BCUT2D eigenvalue weighted by atomic mass is 35.5. The van der Waals surface area contributed by atoms with Gasteiger partial charge in [0.1, 0.15) is 17.7 Å². The maximum atomic E-state index is 12.8. The first kappa shape index (κ1) is 19.6. The number of nitrogens with one attached hydrogen (secondary N) is 2. The minimum atomic E-state index is -4.54. The van der Waals surface area contributed by atoms with Crippen molar-refractivity contribution in [3.8, 4) is 11.5 Å². The molecule has 3 unspecified atom stereocenters. The second kappa shape index (κ2) is 7.26. The molecule has 2 aromatic carbocycles. The fourth-order valence-electron chi connectivity index (χ4n) is 3.65.